The lowest BCUT2D eigenvalue weighted by atomic mass is 9.88. The zero-order valence-electron chi connectivity index (χ0n) is 18.7. The number of hydrogen-bond donors (Lipinski definition) is 2. The molecule has 3 heterocycles. The summed E-state index contributed by atoms with van der Waals surface area (Å²) in [4.78, 5) is 21.8. The van der Waals surface area contributed by atoms with E-state index in [2.05, 4.69) is 31.5 Å². The Morgan fingerprint density at radius 1 is 1.16 bits per heavy atom. The summed E-state index contributed by atoms with van der Waals surface area (Å²) in [5, 5.41) is 7.04. The van der Waals surface area contributed by atoms with Crippen molar-refractivity contribution in [2.24, 2.45) is 10.9 Å². The number of halogens is 1. The molecule has 2 N–H and O–H groups in total. The maximum Gasteiger partial charge on any atom is 0.225 e. The van der Waals surface area contributed by atoms with E-state index in [1.807, 2.05) is 13.1 Å². The van der Waals surface area contributed by atoms with Crippen LogP contribution in [0, 0.1) is 5.92 Å². The van der Waals surface area contributed by atoms with Crippen molar-refractivity contribution in [2.45, 2.75) is 63.5 Å². The fourth-order valence-corrected chi connectivity index (χ4v) is 5.21. The molecule has 0 aromatic carbocycles. The summed E-state index contributed by atoms with van der Waals surface area (Å²) in [5.74, 6) is 2.44. The molecule has 7 nitrogen and oxygen atoms in total. The Balaban J connectivity index is 0.00000272. The third-order valence-electron chi connectivity index (χ3n) is 6.93. The van der Waals surface area contributed by atoms with Gasteiger partial charge in [0.2, 0.25) is 5.91 Å². The van der Waals surface area contributed by atoms with Gasteiger partial charge in [0.15, 0.2) is 5.96 Å². The van der Waals surface area contributed by atoms with Crippen LogP contribution in [0.3, 0.4) is 0 Å². The van der Waals surface area contributed by atoms with Gasteiger partial charge in [0.05, 0.1) is 12.3 Å². The number of hydrogen-bond acceptors (Lipinski definition) is 4. The Morgan fingerprint density at radius 2 is 1.94 bits per heavy atom. The number of carbonyl (C=O) groups is 1. The summed E-state index contributed by atoms with van der Waals surface area (Å²) < 4.78 is 5.72. The van der Waals surface area contributed by atoms with Crippen LogP contribution in [0.25, 0.3) is 0 Å². The number of nitrogens with zero attached hydrogens (tertiary/aromatic N) is 3. The lowest BCUT2D eigenvalue weighted by Gasteiger charge is -2.28. The predicted octanol–water partition coefficient (Wildman–Crippen LogP) is 3.38. The van der Waals surface area contributed by atoms with E-state index in [0.717, 1.165) is 63.7 Å². The lowest BCUT2D eigenvalue weighted by Crippen LogP contribution is -2.47. The molecule has 3 fully saturated rings. The topological polar surface area (TPSA) is 73.1 Å². The lowest BCUT2D eigenvalue weighted by molar-refractivity contribution is -0.135. The highest BCUT2D eigenvalue weighted by atomic mass is 127. The molecule has 0 spiro atoms. The average Bonchev–Trinajstić information content (AvgIpc) is 3.56. The van der Waals surface area contributed by atoms with Crippen LogP contribution < -0.4 is 10.6 Å². The summed E-state index contributed by atoms with van der Waals surface area (Å²) in [6, 6.07) is 4.50. The largest absolute Gasteiger partial charge is 0.468 e. The van der Waals surface area contributed by atoms with Crippen LogP contribution in [-0.4, -0.2) is 67.5 Å². The summed E-state index contributed by atoms with van der Waals surface area (Å²) in [6.07, 6.45) is 11.1. The molecule has 2 aliphatic heterocycles. The molecule has 0 radical (unpaired) electrons. The Hall–Kier alpha value is -1.29. The van der Waals surface area contributed by atoms with Crippen molar-refractivity contribution >= 4 is 35.8 Å². The third kappa shape index (κ3) is 6.37. The van der Waals surface area contributed by atoms with E-state index in [4.69, 9.17) is 4.42 Å². The van der Waals surface area contributed by atoms with Crippen LogP contribution in [0.4, 0.5) is 0 Å². The van der Waals surface area contributed by atoms with Gasteiger partial charge in [-0.1, -0.05) is 19.3 Å². The molecular formula is C23H38IN5O2. The Kier molecular flexibility index (Phi) is 9.49. The standard InChI is InChI=1S/C23H37N5O2.HI/c1-24-23(25-16-20(21-10-7-15-30-21)27-12-5-6-13-27)26-19-11-14-28(17-19)22(29)18-8-3-2-4-9-18;/h7,10,15,18-20H,2-6,8-9,11-14,16-17H2,1H3,(H2,24,25,26);1H. The van der Waals surface area contributed by atoms with Crippen molar-refractivity contribution in [2.75, 3.05) is 39.8 Å². The highest BCUT2D eigenvalue weighted by molar-refractivity contribution is 14.0. The maximum absolute atomic E-state index is 12.8. The molecule has 1 aromatic heterocycles. The highest BCUT2D eigenvalue weighted by Gasteiger charge is 2.32. The number of furan rings is 1. The van der Waals surface area contributed by atoms with Crippen molar-refractivity contribution in [3.63, 3.8) is 0 Å². The average molecular weight is 543 g/mol. The zero-order valence-corrected chi connectivity index (χ0v) is 21.1. The Morgan fingerprint density at radius 3 is 2.61 bits per heavy atom. The first kappa shape index (κ1) is 24.4. The number of amides is 1. The minimum absolute atomic E-state index is 0. The molecule has 1 saturated carbocycles. The molecule has 31 heavy (non-hydrogen) atoms. The van der Waals surface area contributed by atoms with Crippen LogP contribution >= 0.6 is 24.0 Å². The van der Waals surface area contributed by atoms with Gasteiger partial charge in [-0.2, -0.15) is 0 Å². The molecule has 1 aromatic rings. The number of rotatable bonds is 6. The van der Waals surface area contributed by atoms with Gasteiger partial charge in [-0.05, 0) is 57.3 Å². The number of nitrogens with one attached hydrogen (secondary N) is 2. The van der Waals surface area contributed by atoms with Gasteiger partial charge in [-0.15, -0.1) is 24.0 Å². The number of carbonyl (C=O) groups excluding carboxylic acids is 1. The molecule has 0 bridgehead atoms. The van der Waals surface area contributed by atoms with Gasteiger partial charge in [0, 0.05) is 38.6 Å². The van der Waals surface area contributed by atoms with Crippen LogP contribution in [0.1, 0.15) is 63.2 Å². The van der Waals surface area contributed by atoms with Crippen LogP contribution in [-0.2, 0) is 4.79 Å². The van der Waals surface area contributed by atoms with Gasteiger partial charge < -0.3 is 20.0 Å². The van der Waals surface area contributed by atoms with E-state index in [-0.39, 0.29) is 42.0 Å². The molecule has 2 unspecified atom stereocenters. The molecule has 8 heteroatoms. The van der Waals surface area contributed by atoms with Crippen LogP contribution in [0.2, 0.25) is 0 Å². The van der Waals surface area contributed by atoms with Crippen molar-refractivity contribution in [1.29, 1.82) is 0 Å². The Bertz CT molecular complexity index is 699. The second-order valence-electron chi connectivity index (χ2n) is 8.98. The monoisotopic (exact) mass is 543 g/mol. The first-order valence-corrected chi connectivity index (χ1v) is 11.8. The summed E-state index contributed by atoms with van der Waals surface area (Å²) in [6.45, 7) is 4.61. The molecule has 2 saturated heterocycles. The van der Waals surface area contributed by atoms with E-state index in [1.54, 1.807) is 6.26 Å². The highest BCUT2D eigenvalue weighted by Crippen LogP contribution is 2.27. The van der Waals surface area contributed by atoms with Crippen LogP contribution in [0.5, 0.6) is 0 Å². The van der Waals surface area contributed by atoms with Gasteiger partial charge >= 0.3 is 0 Å². The SMILES string of the molecule is CN=C(NCC(c1ccco1)N1CCCC1)NC1CCN(C(=O)C2CCCCC2)C1.I. The van der Waals surface area contributed by atoms with E-state index in [1.165, 1.54) is 32.1 Å². The molecule has 2 atom stereocenters. The molecule has 3 aliphatic rings. The first-order valence-electron chi connectivity index (χ1n) is 11.8. The summed E-state index contributed by atoms with van der Waals surface area (Å²) in [7, 11) is 1.81. The second-order valence-corrected chi connectivity index (χ2v) is 8.98. The molecule has 174 valence electrons. The number of aliphatic imine (C=N–C) groups is 1. The second kappa shape index (κ2) is 12.1. The molecule has 1 amide bonds. The Labute approximate surface area is 203 Å². The predicted molar refractivity (Wildman–Crippen MR) is 134 cm³/mol. The molecule has 1 aliphatic carbocycles. The van der Waals surface area contributed by atoms with E-state index in [9.17, 15) is 4.79 Å². The van der Waals surface area contributed by atoms with Gasteiger partial charge in [0.25, 0.3) is 0 Å². The quantitative estimate of drug-likeness (QED) is 0.327. The third-order valence-corrected chi connectivity index (χ3v) is 6.93. The molecular weight excluding hydrogens is 505 g/mol. The smallest absolute Gasteiger partial charge is 0.225 e. The minimum atomic E-state index is 0. The number of likely N-dealkylation sites (tertiary alicyclic amines) is 2. The van der Waals surface area contributed by atoms with Crippen molar-refractivity contribution in [1.82, 2.24) is 20.4 Å². The van der Waals surface area contributed by atoms with Crippen molar-refractivity contribution in [3.8, 4) is 0 Å². The van der Waals surface area contributed by atoms with E-state index >= 15 is 0 Å². The van der Waals surface area contributed by atoms with Crippen molar-refractivity contribution < 1.29 is 9.21 Å². The van der Waals surface area contributed by atoms with Gasteiger partial charge in [-0.3, -0.25) is 14.7 Å². The van der Waals surface area contributed by atoms with E-state index in [0.29, 0.717) is 5.91 Å². The summed E-state index contributed by atoms with van der Waals surface area (Å²) >= 11 is 0. The zero-order chi connectivity index (χ0) is 20.8. The molecule has 4 rings (SSSR count). The van der Waals surface area contributed by atoms with Gasteiger partial charge in [0.1, 0.15) is 5.76 Å². The minimum Gasteiger partial charge on any atom is -0.468 e. The van der Waals surface area contributed by atoms with E-state index < -0.39 is 0 Å². The van der Waals surface area contributed by atoms with Crippen LogP contribution in [0.15, 0.2) is 27.8 Å². The fourth-order valence-electron chi connectivity index (χ4n) is 5.21. The van der Waals surface area contributed by atoms with Crippen molar-refractivity contribution in [3.05, 3.63) is 24.2 Å². The maximum atomic E-state index is 12.8. The first-order chi connectivity index (χ1) is 14.7. The summed E-state index contributed by atoms with van der Waals surface area (Å²) in [5.41, 5.74) is 0. The normalized spacial score (nSPS) is 24.1. The van der Waals surface area contributed by atoms with Gasteiger partial charge in [-0.25, -0.2) is 0 Å². The number of guanidine groups is 1. The fraction of sp³-hybridized carbons (Fsp3) is 0.739.